The summed E-state index contributed by atoms with van der Waals surface area (Å²) in [5, 5.41) is 1.77. The van der Waals surface area contributed by atoms with E-state index in [0.717, 1.165) is 23.3 Å². The van der Waals surface area contributed by atoms with Crippen molar-refractivity contribution in [2.45, 2.75) is 12.6 Å². The maximum Gasteiger partial charge on any atom is 0.259 e. The van der Waals surface area contributed by atoms with Crippen molar-refractivity contribution in [3.05, 3.63) is 64.3 Å². The minimum atomic E-state index is -0.111. The van der Waals surface area contributed by atoms with Crippen molar-refractivity contribution >= 4 is 34.1 Å². The number of fused-ring (bicyclic) bond motifs is 6. The fraction of sp³-hybridized carbons (Fsp3) is 0.211. The quantitative estimate of drug-likeness (QED) is 0.674. The second-order valence-electron chi connectivity index (χ2n) is 6.43. The Balaban J connectivity index is 1.75. The molecule has 1 N–H and O–H groups in total. The van der Waals surface area contributed by atoms with Gasteiger partial charge in [0.25, 0.3) is 5.91 Å². The van der Waals surface area contributed by atoms with Gasteiger partial charge in [-0.1, -0.05) is 35.9 Å². The molecule has 0 bridgehead atoms. The number of para-hydroxylation sites is 1. The molecule has 5 heteroatoms. The predicted molar refractivity (Wildman–Crippen MR) is 95.6 cm³/mol. The van der Waals surface area contributed by atoms with Gasteiger partial charge in [0.15, 0.2) is 0 Å². The Kier molecular flexibility index (Phi) is 2.77. The molecule has 0 spiro atoms. The van der Waals surface area contributed by atoms with Gasteiger partial charge < -0.3 is 14.8 Å². The molecule has 3 heterocycles. The maximum absolute atomic E-state index is 13.0. The van der Waals surface area contributed by atoms with E-state index in [-0.39, 0.29) is 12.1 Å². The lowest BCUT2D eigenvalue weighted by molar-refractivity contribution is 0.0635. The van der Waals surface area contributed by atoms with Crippen molar-refractivity contribution in [3.8, 4) is 0 Å². The summed E-state index contributed by atoms with van der Waals surface area (Å²) in [6.07, 6.45) is 0.745. The van der Waals surface area contributed by atoms with Gasteiger partial charge in [0, 0.05) is 24.5 Å². The van der Waals surface area contributed by atoms with Crippen molar-refractivity contribution in [2.75, 3.05) is 18.5 Å². The number of carbonyl (C=O) groups excluding carboxylic acids is 1. The summed E-state index contributed by atoms with van der Waals surface area (Å²) < 4.78 is 0. The first-order valence-electron chi connectivity index (χ1n) is 8.08. The first-order valence-corrected chi connectivity index (χ1v) is 8.46. The molecular weight excluding hydrogens is 322 g/mol. The van der Waals surface area contributed by atoms with Crippen molar-refractivity contribution in [1.29, 1.82) is 0 Å². The molecule has 2 aromatic carbocycles. The summed E-state index contributed by atoms with van der Waals surface area (Å²) in [6, 6.07) is 14.0. The number of nitrogens with one attached hydrogen (secondary N) is 1. The van der Waals surface area contributed by atoms with Gasteiger partial charge in [-0.3, -0.25) is 4.79 Å². The minimum absolute atomic E-state index is 0.0167. The fourth-order valence-corrected chi connectivity index (χ4v) is 4.38. The number of anilines is 1. The molecule has 1 atom stereocenters. The van der Waals surface area contributed by atoms with Gasteiger partial charge in [0.05, 0.1) is 22.0 Å². The lowest BCUT2D eigenvalue weighted by Gasteiger charge is -2.46. The highest BCUT2D eigenvalue weighted by Gasteiger charge is 2.42. The number of nitrogens with zero attached hydrogens (tertiary/aromatic N) is 2. The minimum Gasteiger partial charge on any atom is -0.355 e. The molecule has 5 rings (SSSR count). The van der Waals surface area contributed by atoms with Gasteiger partial charge in [-0.05, 0) is 30.2 Å². The molecule has 0 fully saturated rings. The van der Waals surface area contributed by atoms with Crippen LogP contribution in [0.15, 0.2) is 42.5 Å². The maximum atomic E-state index is 13.0. The van der Waals surface area contributed by atoms with Crippen LogP contribution in [0.3, 0.4) is 0 Å². The molecule has 2 aliphatic rings. The average molecular weight is 338 g/mol. The summed E-state index contributed by atoms with van der Waals surface area (Å²) in [5.74, 6) is 0.0167. The first-order chi connectivity index (χ1) is 11.7. The van der Waals surface area contributed by atoms with E-state index < -0.39 is 0 Å². The van der Waals surface area contributed by atoms with Gasteiger partial charge in [-0.15, -0.1) is 0 Å². The zero-order chi connectivity index (χ0) is 16.4. The smallest absolute Gasteiger partial charge is 0.259 e. The number of amides is 1. The van der Waals surface area contributed by atoms with E-state index in [0.29, 0.717) is 17.1 Å². The first kappa shape index (κ1) is 13.9. The number of halogens is 1. The van der Waals surface area contributed by atoms with Crippen LogP contribution in [-0.2, 0) is 6.42 Å². The van der Waals surface area contributed by atoms with Crippen molar-refractivity contribution < 1.29 is 4.79 Å². The molecule has 2 aliphatic heterocycles. The average Bonchev–Trinajstić information content (AvgIpc) is 2.97. The summed E-state index contributed by atoms with van der Waals surface area (Å²) in [6.45, 7) is 0.702. The van der Waals surface area contributed by atoms with Crippen LogP contribution < -0.4 is 4.90 Å². The standard InChI is InChI=1S/C19H16ClN3O/c1-22-15-8-4-6-13(20)16(15)19(24)23-10-9-12-11-5-2-3-7-14(11)21-17(12)18(22)23/h2-8,18,21H,9-10H2,1H3/t18-/m1/s1. The van der Waals surface area contributed by atoms with Crippen LogP contribution in [0.1, 0.15) is 27.8 Å². The van der Waals surface area contributed by atoms with Crippen LogP contribution in [0.5, 0.6) is 0 Å². The number of hydrogen-bond donors (Lipinski definition) is 1. The van der Waals surface area contributed by atoms with Crippen LogP contribution in [0.2, 0.25) is 5.02 Å². The molecule has 0 saturated heterocycles. The molecule has 1 amide bonds. The van der Waals surface area contributed by atoms with Crippen molar-refractivity contribution in [2.24, 2.45) is 0 Å². The topological polar surface area (TPSA) is 39.3 Å². The second-order valence-corrected chi connectivity index (χ2v) is 6.84. The van der Waals surface area contributed by atoms with Gasteiger partial charge in [0.2, 0.25) is 0 Å². The zero-order valence-electron chi connectivity index (χ0n) is 13.2. The van der Waals surface area contributed by atoms with E-state index in [1.807, 2.05) is 30.1 Å². The van der Waals surface area contributed by atoms with E-state index in [1.165, 1.54) is 10.9 Å². The molecule has 3 aromatic rings. The molecule has 24 heavy (non-hydrogen) atoms. The van der Waals surface area contributed by atoms with Crippen LogP contribution >= 0.6 is 11.6 Å². The predicted octanol–water partition coefficient (Wildman–Crippen LogP) is 3.97. The highest BCUT2D eigenvalue weighted by molar-refractivity contribution is 6.34. The number of H-pyrrole nitrogens is 1. The van der Waals surface area contributed by atoms with Gasteiger partial charge >= 0.3 is 0 Å². The van der Waals surface area contributed by atoms with Crippen LogP contribution in [-0.4, -0.2) is 29.4 Å². The molecule has 120 valence electrons. The van der Waals surface area contributed by atoms with Crippen molar-refractivity contribution in [1.82, 2.24) is 9.88 Å². The number of benzene rings is 2. The molecule has 0 unspecified atom stereocenters. The fourth-order valence-electron chi connectivity index (χ4n) is 4.13. The number of aromatic amines is 1. The lowest BCUT2D eigenvalue weighted by Crippen LogP contribution is -2.51. The van der Waals surface area contributed by atoms with E-state index in [1.54, 1.807) is 6.07 Å². The summed E-state index contributed by atoms with van der Waals surface area (Å²) in [4.78, 5) is 20.7. The third kappa shape index (κ3) is 1.66. The van der Waals surface area contributed by atoms with E-state index in [9.17, 15) is 4.79 Å². The molecule has 4 nitrogen and oxygen atoms in total. The zero-order valence-corrected chi connectivity index (χ0v) is 14.0. The summed E-state index contributed by atoms with van der Waals surface area (Å²) in [5.41, 5.74) is 5.06. The molecule has 0 aliphatic carbocycles. The largest absolute Gasteiger partial charge is 0.355 e. The van der Waals surface area contributed by atoms with E-state index in [4.69, 9.17) is 11.6 Å². The Morgan fingerprint density at radius 3 is 2.88 bits per heavy atom. The van der Waals surface area contributed by atoms with Crippen molar-refractivity contribution in [3.63, 3.8) is 0 Å². The number of carbonyl (C=O) groups is 1. The number of aromatic nitrogens is 1. The Bertz CT molecular complexity index is 993. The summed E-state index contributed by atoms with van der Waals surface area (Å²) in [7, 11) is 2.03. The number of rotatable bonds is 0. The number of hydrogen-bond acceptors (Lipinski definition) is 2. The highest BCUT2D eigenvalue weighted by Crippen LogP contribution is 2.44. The highest BCUT2D eigenvalue weighted by atomic mass is 35.5. The third-order valence-electron chi connectivity index (χ3n) is 5.22. The lowest BCUT2D eigenvalue weighted by atomic mass is 9.96. The van der Waals surface area contributed by atoms with Gasteiger partial charge in [-0.25, -0.2) is 0 Å². The second kappa shape index (κ2) is 4.77. The van der Waals surface area contributed by atoms with E-state index in [2.05, 4.69) is 28.1 Å². The van der Waals surface area contributed by atoms with Gasteiger partial charge in [-0.2, -0.15) is 0 Å². The van der Waals surface area contributed by atoms with E-state index >= 15 is 0 Å². The van der Waals surface area contributed by atoms with Gasteiger partial charge in [0.1, 0.15) is 6.17 Å². The Labute approximate surface area is 144 Å². The monoisotopic (exact) mass is 337 g/mol. The Hall–Kier alpha value is -2.46. The normalized spacial score (nSPS) is 19.2. The molecule has 1 aromatic heterocycles. The Morgan fingerprint density at radius 2 is 2.00 bits per heavy atom. The Morgan fingerprint density at radius 1 is 1.17 bits per heavy atom. The van der Waals surface area contributed by atoms with Crippen LogP contribution in [0.25, 0.3) is 10.9 Å². The molecular formula is C19H16ClN3O. The van der Waals surface area contributed by atoms with Crippen LogP contribution in [0.4, 0.5) is 5.69 Å². The molecule has 0 radical (unpaired) electrons. The SMILES string of the molecule is CN1c2cccc(Cl)c2C(=O)N2CCc3c([nH]c4ccccc34)[C@@H]21. The third-order valence-corrected chi connectivity index (χ3v) is 5.53. The summed E-state index contributed by atoms with van der Waals surface area (Å²) >= 11 is 6.32. The van der Waals surface area contributed by atoms with Crippen LogP contribution in [0, 0.1) is 0 Å². The molecule has 0 saturated carbocycles.